The van der Waals surface area contributed by atoms with Gasteiger partial charge in [-0.25, -0.2) is 9.59 Å². The molecule has 1 atom stereocenters. The Hall–Kier alpha value is -2.42. The number of hydrogen-bond acceptors (Lipinski definition) is 4. The predicted molar refractivity (Wildman–Crippen MR) is 86.5 cm³/mol. The summed E-state index contributed by atoms with van der Waals surface area (Å²) in [4.78, 5) is 50.7. The maximum atomic E-state index is 12.6. The van der Waals surface area contributed by atoms with Crippen molar-refractivity contribution in [2.75, 3.05) is 18.0 Å². The molecule has 1 N–H and O–H groups in total. The van der Waals surface area contributed by atoms with Crippen LogP contribution in [0.1, 0.15) is 12.8 Å². The van der Waals surface area contributed by atoms with E-state index >= 15 is 0 Å². The van der Waals surface area contributed by atoms with Crippen LogP contribution in [0, 0.1) is 0 Å². The lowest BCUT2D eigenvalue weighted by atomic mass is 10.0. The van der Waals surface area contributed by atoms with Gasteiger partial charge in [-0.15, -0.1) is 0 Å². The average molecular weight is 396 g/mol. The molecule has 2 aliphatic heterocycles. The Labute approximate surface area is 145 Å². The average Bonchev–Trinajstić information content (AvgIpc) is 2.90. The van der Waals surface area contributed by atoms with E-state index in [0.29, 0.717) is 18.8 Å². The van der Waals surface area contributed by atoms with E-state index in [1.54, 1.807) is 12.1 Å². The second-order valence-corrected chi connectivity index (χ2v) is 6.42. The van der Waals surface area contributed by atoms with Crippen LogP contribution in [0.5, 0.6) is 0 Å². The molecule has 126 valence electrons. The van der Waals surface area contributed by atoms with Crippen molar-refractivity contribution >= 4 is 45.6 Å². The highest BCUT2D eigenvalue weighted by Gasteiger charge is 2.45. The van der Waals surface area contributed by atoms with Gasteiger partial charge in [0.25, 0.3) is 5.91 Å². The van der Waals surface area contributed by atoms with Crippen molar-refractivity contribution in [2.24, 2.45) is 0 Å². The Morgan fingerprint density at radius 1 is 1.12 bits per heavy atom. The number of urea groups is 1. The molecule has 1 unspecified atom stereocenters. The van der Waals surface area contributed by atoms with E-state index in [1.165, 1.54) is 9.80 Å². The van der Waals surface area contributed by atoms with Crippen molar-refractivity contribution < 1.29 is 24.3 Å². The first kappa shape index (κ1) is 16.4. The normalized spacial score (nSPS) is 21.6. The summed E-state index contributed by atoms with van der Waals surface area (Å²) >= 11 is 3.33. The summed E-state index contributed by atoms with van der Waals surface area (Å²) in [7, 11) is 0. The van der Waals surface area contributed by atoms with Gasteiger partial charge in [0, 0.05) is 29.7 Å². The van der Waals surface area contributed by atoms with Gasteiger partial charge in [0.1, 0.15) is 6.04 Å². The van der Waals surface area contributed by atoms with E-state index in [1.807, 2.05) is 12.1 Å². The van der Waals surface area contributed by atoms with Crippen LogP contribution in [-0.4, -0.2) is 58.0 Å². The molecule has 0 radical (unpaired) electrons. The van der Waals surface area contributed by atoms with Gasteiger partial charge in [-0.2, -0.15) is 4.90 Å². The minimum absolute atomic E-state index is 0.0786. The van der Waals surface area contributed by atoms with Crippen LogP contribution < -0.4 is 4.90 Å². The summed E-state index contributed by atoms with van der Waals surface area (Å²) in [5.74, 6) is -1.61. The summed E-state index contributed by atoms with van der Waals surface area (Å²) in [5.41, 5.74) is 0.695. The van der Waals surface area contributed by atoms with E-state index < -0.39 is 23.9 Å². The SMILES string of the molecule is O=C(O)N1C(=O)CCC(N2CCN(c3ccc(Br)cc3)C2=O)C1=O. The van der Waals surface area contributed by atoms with Crippen LogP contribution >= 0.6 is 15.9 Å². The van der Waals surface area contributed by atoms with Crippen LogP contribution in [-0.2, 0) is 9.59 Å². The van der Waals surface area contributed by atoms with Crippen LogP contribution in [0.15, 0.2) is 28.7 Å². The molecule has 24 heavy (non-hydrogen) atoms. The predicted octanol–water partition coefficient (Wildman–Crippen LogP) is 1.89. The number of rotatable bonds is 2. The first-order valence-electron chi connectivity index (χ1n) is 7.33. The number of carbonyl (C=O) groups is 4. The molecular formula is C15H14BrN3O5. The summed E-state index contributed by atoms with van der Waals surface area (Å²) in [5, 5.41) is 9.03. The number of carboxylic acid groups (broad SMARTS) is 1. The number of likely N-dealkylation sites (tertiary alicyclic amines) is 1. The molecule has 3 rings (SSSR count). The largest absolute Gasteiger partial charge is 0.464 e. The lowest BCUT2D eigenvalue weighted by Gasteiger charge is -2.32. The maximum absolute atomic E-state index is 12.6. The van der Waals surface area contributed by atoms with Crippen molar-refractivity contribution in [2.45, 2.75) is 18.9 Å². The van der Waals surface area contributed by atoms with Crippen molar-refractivity contribution in [3.05, 3.63) is 28.7 Å². The maximum Gasteiger partial charge on any atom is 0.421 e. The third-order valence-corrected chi connectivity index (χ3v) is 4.66. The summed E-state index contributed by atoms with van der Waals surface area (Å²) in [6.07, 6.45) is -1.54. The Morgan fingerprint density at radius 2 is 1.79 bits per heavy atom. The molecule has 1 aromatic rings. The van der Waals surface area contributed by atoms with Gasteiger partial charge in [0.15, 0.2) is 0 Å². The molecule has 0 aliphatic carbocycles. The van der Waals surface area contributed by atoms with Gasteiger partial charge in [-0.05, 0) is 30.7 Å². The van der Waals surface area contributed by atoms with Gasteiger partial charge in [-0.1, -0.05) is 15.9 Å². The van der Waals surface area contributed by atoms with Gasteiger partial charge < -0.3 is 10.0 Å². The fourth-order valence-electron chi connectivity index (χ4n) is 2.96. The number of amides is 5. The van der Waals surface area contributed by atoms with E-state index in [-0.39, 0.29) is 23.8 Å². The van der Waals surface area contributed by atoms with Crippen LogP contribution in [0.3, 0.4) is 0 Å². The lowest BCUT2D eigenvalue weighted by Crippen LogP contribution is -2.56. The second-order valence-electron chi connectivity index (χ2n) is 5.51. The number of carbonyl (C=O) groups excluding carboxylic acids is 3. The first-order chi connectivity index (χ1) is 11.4. The fourth-order valence-corrected chi connectivity index (χ4v) is 3.23. The highest BCUT2D eigenvalue weighted by Crippen LogP contribution is 2.27. The smallest absolute Gasteiger partial charge is 0.421 e. The Bertz CT molecular complexity index is 720. The standard InChI is InChI=1S/C15H14BrN3O5/c16-9-1-3-10(4-2-9)17-7-8-18(14(17)22)11-5-6-12(20)19(13(11)21)15(23)24/h1-4,11H,5-8H2,(H,23,24). The Morgan fingerprint density at radius 3 is 2.42 bits per heavy atom. The highest BCUT2D eigenvalue weighted by molar-refractivity contribution is 9.10. The van der Waals surface area contributed by atoms with Gasteiger partial charge in [-0.3, -0.25) is 14.5 Å². The summed E-state index contributed by atoms with van der Waals surface area (Å²) in [6, 6.07) is 5.88. The number of anilines is 1. The van der Waals surface area contributed by atoms with Gasteiger partial charge >= 0.3 is 12.1 Å². The number of halogens is 1. The third kappa shape index (κ3) is 2.75. The molecule has 2 saturated heterocycles. The minimum atomic E-state index is -1.61. The molecule has 2 fully saturated rings. The third-order valence-electron chi connectivity index (χ3n) is 4.13. The topological polar surface area (TPSA) is 98.2 Å². The Balaban J connectivity index is 1.80. The lowest BCUT2D eigenvalue weighted by molar-refractivity contribution is -0.148. The molecule has 2 aliphatic rings. The van der Waals surface area contributed by atoms with E-state index in [0.717, 1.165) is 4.47 Å². The number of benzene rings is 1. The summed E-state index contributed by atoms with van der Waals surface area (Å²) < 4.78 is 0.882. The molecule has 0 saturated carbocycles. The van der Waals surface area contributed by atoms with Crippen molar-refractivity contribution in [3.8, 4) is 0 Å². The summed E-state index contributed by atoms with van der Waals surface area (Å²) in [6.45, 7) is 0.693. The van der Waals surface area contributed by atoms with E-state index in [4.69, 9.17) is 5.11 Å². The first-order valence-corrected chi connectivity index (χ1v) is 8.13. The van der Waals surface area contributed by atoms with E-state index in [2.05, 4.69) is 15.9 Å². The highest BCUT2D eigenvalue weighted by atomic mass is 79.9. The number of imide groups is 3. The van der Waals surface area contributed by atoms with Crippen molar-refractivity contribution in [3.63, 3.8) is 0 Å². The molecule has 0 aromatic heterocycles. The van der Waals surface area contributed by atoms with Gasteiger partial charge in [0.05, 0.1) is 0 Å². The molecule has 2 heterocycles. The van der Waals surface area contributed by atoms with E-state index in [9.17, 15) is 19.2 Å². The fraction of sp³-hybridized carbons (Fsp3) is 0.333. The van der Waals surface area contributed by atoms with Crippen LogP contribution in [0.25, 0.3) is 0 Å². The van der Waals surface area contributed by atoms with Gasteiger partial charge in [0.2, 0.25) is 5.91 Å². The number of hydrogen-bond donors (Lipinski definition) is 1. The minimum Gasteiger partial charge on any atom is -0.464 e. The number of piperidine rings is 1. The van der Waals surface area contributed by atoms with Crippen LogP contribution in [0.4, 0.5) is 15.3 Å². The second kappa shape index (κ2) is 6.23. The zero-order valence-electron chi connectivity index (χ0n) is 12.5. The molecule has 8 nitrogen and oxygen atoms in total. The zero-order chi connectivity index (χ0) is 17.4. The molecule has 0 spiro atoms. The molecule has 9 heteroatoms. The monoisotopic (exact) mass is 395 g/mol. The molecular weight excluding hydrogens is 382 g/mol. The van der Waals surface area contributed by atoms with Crippen LogP contribution in [0.2, 0.25) is 0 Å². The van der Waals surface area contributed by atoms with Crippen molar-refractivity contribution in [1.82, 2.24) is 9.80 Å². The Kier molecular flexibility index (Phi) is 4.27. The quantitative estimate of drug-likeness (QED) is 0.770. The molecule has 0 bridgehead atoms. The zero-order valence-corrected chi connectivity index (χ0v) is 14.1. The number of nitrogens with zero attached hydrogens (tertiary/aromatic N) is 3. The molecule has 1 aromatic carbocycles. The molecule has 5 amide bonds. The van der Waals surface area contributed by atoms with Crippen molar-refractivity contribution in [1.29, 1.82) is 0 Å².